The molecule has 0 spiro atoms. The first-order valence-corrected chi connectivity index (χ1v) is 8.75. The van der Waals surface area contributed by atoms with E-state index in [0.717, 1.165) is 0 Å². The lowest BCUT2D eigenvalue weighted by molar-refractivity contribution is -0.136. The Hall–Kier alpha value is -4.13. The molecule has 0 aliphatic rings. The van der Waals surface area contributed by atoms with Crippen molar-refractivity contribution in [2.45, 2.75) is 0 Å². The zero-order valence-electron chi connectivity index (χ0n) is 15.7. The van der Waals surface area contributed by atoms with Crippen LogP contribution < -0.4 is 20.2 Å². The van der Waals surface area contributed by atoms with Crippen molar-refractivity contribution in [2.75, 3.05) is 12.4 Å². The first-order chi connectivity index (χ1) is 14.1. The van der Waals surface area contributed by atoms with Crippen LogP contribution >= 0.6 is 0 Å². The lowest BCUT2D eigenvalue weighted by Crippen LogP contribution is -2.32. The molecule has 3 aromatic carbocycles. The fourth-order valence-corrected chi connectivity index (χ4v) is 2.39. The highest BCUT2D eigenvalue weighted by Gasteiger charge is 2.13. The van der Waals surface area contributed by atoms with Crippen LogP contribution in [-0.4, -0.2) is 25.1 Å². The van der Waals surface area contributed by atoms with Gasteiger partial charge < -0.3 is 14.8 Å². The molecule has 0 saturated carbocycles. The van der Waals surface area contributed by atoms with Gasteiger partial charge in [0.05, 0.1) is 13.3 Å². The van der Waals surface area contributed by atoms with E-state index in [2.05, 4.69) is 15.8 Å². The predicted octanol–water partition coefficient (Wildman–Crippen LogP) is 3.58. The van der Waals surface area contributed by atoms with E-state index in [1.165, 1.54) is 13.3 Å². The minimum atomic E-state index is -0.888. The number of para-hydroxylation sites is 1. The van der Waals surface area contributed by atoms with Gasteiger partial charge in [-0.1, -0.05) is 36.4 Å². The number of hydrogen-bond acceptors (Lipinski definition) is 5. The van der Waals surface area contributed by atoms with E-state index in [9.17, 15) is 9.59 Å². The van der Waals surface area contributed by atoms with E-state index < -0.39 is 11.8 Å². The standard InChI is InChI=1S/C22H19N3O4/c1-28-19-11-6-8-17(14-19)24-21(26)22(27)25-23-15-16-7-5-12-20(13-16)29-18-9-3-2-4-10-18/h2-15H,1H3,(H,24,26)(H,25,27)/b23-15+. The van der Waals surface area contributed by atoms with Gasteiger partial charge in [0.1, 0.15) is 17.2 Å². The van der Waals surface area contributed by atoms with Gasteiger partial charge in [-0.15, -0.1) is 0 Å². The average molecular weight is 389 g/mol. The zero-order chi connectivity index (χ0) is 20.5. The lowest BCUT2D eigenvalue weighted by Gasteiger charge is -2.06. The summed E-state index contributed by atoms with van der Waals surface area (Å²) in [5.41, 5.74) is 3.34. The molecule has 0 unspecified atom stereocenters. The van der Waals surface area contributed by atoms with E-state index >= 15 is 0 Å². The topological polar surface area (TPSA) is 89.0 Å². The van der Waals surface area contributed by atoms with Crippen LogP contribution in [0.25, 0.3) is 0 Å². The first kappa shape index (κ1) is 19.6. The number of nitrogens with zero attached hydrogens (tertiary/aromatic N) is 1. The van der Waals surface area contributed by atoms with Gasteiger partial charge in [0.2, 0.25) is 0 Å². The molecule has 0 saturated heterocycles. The highest BCUT2D eigenvalue weighted by atomic mass is 16.5. The summed E-state index contributed by atoms with van der Waals surface area (Å²) in [5, 5.41) is 6.30. The summed E-state index contributed by atoms with van der Waals surface area (Å²) in [5.74, 6) is 0.183. The van der Waals surface area contributed by atoms with Gasteiger partial charge in [-0.2, -0.15) is 5.10 Å². The van der Waals surface area contributed by atoms with Crippen molar-refractivity contribution < 1.29 is 19.1 Å². The van der Waals surface area contributed by atoms with Crippen molar-refractivity contribution in [3.8, 4) is 17.2 Å². The van der Waals surface area contributed by atoms with Crippen LogP contribution in [-0.2, 0) is 9.59 Å². The molecule has 3 aromatic rings. The van der Waals surface area contributed by atoms with Gasteiger partial charge in [-0.3, -0.25) is 9.59 Å². The number of methoxy groups -OCH3 is 1. The molecular weight excluding hydrogens is 370 g/mol. The summed E-state index contributed by atoms with van der Waals surface area (Å²) in [6.45, 7) is 0. The summed E-state index contributed by atoms with van der Waals surface area (Å²) in [6.07, 6.45) is 1.43. The van der Waals surface area contributed by atoms with Gasteiger partial charge in [0.15, 0.2) is 0 Å². The molecule has 0 heterocycles. The lowest BCUT2D eigenvalue weighted by atomic mass is 10.2. The molecule has 2 amide bonds. The van der Waals surface area contributed by atoms with Crippen LogP contribution in [0.5, 0.6) is 17.2 Å². The fraction of sp³-hybridized carbons (Fsp3) is 0.0455. The van der Waals surface area contributed by atoms with Gasteiger partial charge in [-0.05, 0) is 42.0 Å². The molecule has 0 aliphatic heterocycles. The third-order valence-corrected chi connectivity index (χ3v) is 3.75. The van der Waals surface area contributed by atoms with E-state index in [0.29, 0.717) is 28.5 Å². The number of hydrogen-bond donors (Lipinski definition) is 2. The van der Waals surface area contributed by atoms with Crippen LogP contribution in [0.15, 0.2) is 84.0 Å². The van der Waals surface area contributed by atoms with E-state index in [1.54, 1.807) is 42.5 Å². The number of carbonyl (C=O) groups is 2. The van der Waals surface area contributed by atoms with Gasteiger partial charge in [0, 0.05) is 11.8 Å². The van der Waals surface area contributed by atoms with Gasteiger partial charge in [-0.25, -0.2) is 5.43 Å². The van der Waals surface area contributed by atoms with Crippen LogP contribution in [0.1, 0.15) is 5.56 Å². The molecule has 0 aliphatic carbocycles. The highest BCUT2D eigenvalue weighted by Crippen LogP contribution is 2.21. The Morgan fingerprint density at radius 1 is 0.828 bits per heavy atom. The maximum Gasteiger partial charge on any atom is 0.329 e. The molecule has 7 nitrogen and oxygen atoms in total. The zero-order valence-corrected chi connectivity index (χ0v) is 15.7. The number of nitrogens with one attached hydrogen (secondary N) is 2. The molecule has 3 rings (SSSR count). The van der Waals surface area contributed by atoms with Crippen molar-refractivity contribution >= 4 is 23.7 Å². The van der Waals surface area contributed by atoms with Crippen LogP contribution in [0.3, 0.4) is 0 Å². The van der Waals surface area contributed by atoms with E-state index in [1.807, 2.05) is 36.4 Å². The summed E-state index contributed by atoms with van der Waals surface area (Å²) >= 11 is 0. The summed E-state index contributed by atoms with van der Waals surface area (Å²) in [7, 11) is 1.52. The van der Waals surface area contributed by atoms with E-state index in [4.69, 9.17) is 9.47 Å². The minimum Gasteiger partial charge on any atom is -0.497 e. The molecular formula is C22H19N3O4. The second-order valence-electron chi connectivity index (χ2n) is 5.87. The number of benzene rings is 3. The molecule has 7 heteroatoms. The summed E-state index contributed by atoms with van der Waals surface area (Å²) in [4.78, 5) is 23.9. The number of hydrazone groups is 1. The van der Waals surface area contributed by atoms with E-state index in [-0.39, 0.29) is 0 Å². The number of amides is 2. The van der Waals surface area contributed by atoms with Gasteiger partial charge >= 0.3 is 11.8 Å². The molecule has 29 heavy (non-hydrogen) atoms. The Bertz CT molecular complexity index is 1020. The second-order valence-corrected chi connectivity index (χ2v) is 5.87. The van der Waals surface area contributed by atoms with Crippen molar-refractivity contribution in [1.82, 2.24) is 5.43 Å². The molecule has 0 radical (unpaired) electrons. The third-order valence-electron chi connectivity index (χ3n) is 3.75. The summed E-state index contributed by atoms with van der Waals surface area (Å²) in [6, 6.07) is 23.2. The van der Waals surface area contributed by atoms with Gasteiger partial charge in [0.25, 0.3) is 0 Å². The second kappa shape index (κ2) is 9.70. The quantitative estimate of drug-likeness (QED) is 0.383. The minimum absolute atomic E-state index is 0.444. The first-order valence-electron chi connectivity index (χ1n) is 8.75. The Morgan fingerprint density at radius 2 is 1.55 bits per heavy atom. The highest BCUT2D eigenvalue weighted by molar-refractivity contribution is 6.39. The number of anilines is 1. The Kier molecular flexibility index (Phi) is 6.57. The molecule has 0 aromatic heterocycles. The summed E-state index contributed by atoms with van der Waals surface area (Å²) < 4.78 is 10.8. The monoisotopic (exact) mass is 389 g/mol. The fourth-order valence-electron chi connectivity index (χ4n) is 2.39. The Balaban J connectivity index is 1.55. The van der Waals surface area contributed by atoms with Crippen LogP contribution in [0.4, 0.5) is 5.69 Å². The maximum absolute atomic E-state index is 12.0. The third kappa shape index (κ3) is 5.93. The number of ether oxygens (including phenoxy) is 2. The smallest absolute Gasteiger partial charge is 0.329 e. The van der Waals surface area contributed by atoms with Crippen LogP contribution in [0.2, 0.25) is 0 Å². The van der Waals surface area contributed by atoms with Crippen molar-refractivity contribution in [2.24, 2.45) is 5.10 Å². The predicted molar refractivity (Wildman–Crippen MR) is 110 cm³/mol. The maximum atomic E-state index is 12.0. The Morgan fingerprint density at radius 3 is 2.34 bits per heavy atom. The molecule has 0 atom stereocenters. The van der Waals surface area contributed by atoms with Crippen molar-refractivity contribution in [3.05, 3.63) is 84.4 Å². The van der Waals surface area contributed by atoms with Crippen molar-refractivity contribution in [1.29, 1.82) is 0 Å². The van der Waals surface area contributed by atoms with Crippen molar-refractivity contribution in [3.63, 3.8) is 0 Å². The molecule has 2 N–H and O–H groups in total. The molecule has 0 fully saturated rings. The number of carbonyl (C=O) groups excluding carboxylic acids is 2. The molecule has 146 valence electrons. The average Bonchev–Trinajstić information content (AvgIpc) is 2.75. The molecule has 0 bridgehead atoms. The van der Waals surface area contributed by atoms with Crippen LogP contribution in [0, 0.1) is 0 Å². The normalized spacial score (nSPS) is 10.4. The largest absolute Gasteiger partial charge is 0.497 e. The SMILES string of the molecule is COc1cccc(NC(=O)C(=O)N/N=C/c2cccc(Oc3ccccc3)c2)c1. The Labute approximate surface area is 168 Å². The number of rotatable bonds is 6.